The maximum absolute atomic E-state index is 11.8. The van der Waals surface area contributed by atoms with Crippen LogP contribution in [0.1, 0.15) is 37.5 Å². The summed E-state index contributed by atoms with van der Waals surface area (Å²) in [5.41, 5.74) is 5.44. The molecule has 6 heteroatoms. The van der Waals surface area contributed by atoms with Gasteiger partial charge in [0.2, 0.25) is 5.91 Å². The number of amides is 1. The van der Waals surface area contributed by atoms with E-state index in [0.717, 1.165) is 19.3 Å². The van der Waals surface area contributed by atoms with Crippen LogP contribution in [0, 0.1) is 0 Å². The molecule has 0 radical (unpaired) electrons. The van der Waals surface area contributed by atoms with Gasteiger partial charge in [0.15, 0.2) is 0 Å². The number of carbonyl (C=O) groups excluding carboxylic acids is 1. The van der Waals surface area contributed by atoms with E-state index in [-0.39, 0.29) is 17.8 Å². The topological polar surface area (TPSA) is 87.7 Å². The fraction of sp³-hybridized carbons (Fsp3) is 0.538. The van der Waals surface area contributed by atoms with Gasteiger partial charge < -0.3 is 16.3 Å². The van der Waals surface area contributed by atoms with Gasteiger partial charge in [0.05, 0.1) is 0 Å². The van der Waals surface area contributed by atoms with E-state index in [9.17, 15) is 4.79 Å². The Hall–Kier alpha value is -1.56. The molecule has 0 spiro atoms. The number of carbonyl (C=O) groups is 1. The van der Waals surface area contributed by atoms with Crippen LogP contribution < -0.4 is 11.1 Å². The number of hydrogen-bond acceptors (Lipinski definition) is 4. The Morgan fingerprint density at radius 3 is 3.00 bits per heavy atom. The third-order valence-corrected chi connectivity index (χ3v) is 3.79. The monoisotopic (exact) mass is 283 g/mol. The lowest BCUT2D eigenvalue weighted by Gasteiger charge is -2.16. The number of nitrogens with one attached hydrogen (secondary N) is 1. The molecule has 1 unspecified atom stereocenters. The summed E-state index contributed by atoms with van der Waals surface area (Å²) in [4.78, 5) is 13.1. The first-order chi connectivity index (χ1) is 9.15. The molecule has 0 saturated heterocycles. The minimum absolute atomic E-state index is 0.0224. The number of rotatable bonds is 8. The SMILES string of the molecule is CCC(CC(N)=NO)NC(=O)CCCc1cccs1. The normalized spacial score (nSPS) is 13.2. The first-order valence-corrected chi connectivity index (χ1v) is 7.31. The highest BCUT2D eigenvalue weighted by atomic mass is 32.1. The van der Waals surface area contributed by atoms with E-state index < -0.39 is 0 Å². The fourth-order valence-electron chi connectivity index (χ4n) is 1.77. The molecule has 1 rings (SSSR count). The molecule has 0 saturated carbocycles. The zero-order chi connectivity index (χ0) is 14.1. The van der Waals surface area contributed by atoms with Crippen molar-refractivity contribution in [2.45, 2.75) is 45.1 Å². The predicted molar refractivity (Wildman–Crippen MR) is 77.5 cm³/mol. The Balaban J connectivity index is 2.25. The van der Waals surface area contributed by atoms with Crippen molar-refractivity contribution in [1.82, 2.24) is 5.32 Å². The van der Waals surface area contributed by atoms with Crippen LogP contribution in [-0.2, 0) is 11.2 Å². The third-order valence-electron chi connectivity index (χ3n) is 2.85. The number of amidine groups is 1. The van der Waals surface area contributed by atoms with Crippen LogP contribution >= 0.6 is 11.3 Å². The summed E-state index contributed by atoms with van der Waals surface area (Å²) in [5, 5.41) is 16.4. The summed E-state index contributed by atoms with van der Waals surface area (Å²) >= 11 is 1.71. The molecule has 1 heterocycles. The molecule has 0 fully saturated rings. The summed E-state index contributed by atoms with van der Waals surface area (Å²) in [5.74, 6) is 0.167. The Labute approximate surface area is 117 Å². The average molecular weight is 283 g/mol. The Bertz CT molecular complexity index is 404. The van der Waals surface area contributed by atoms with Gasteiger partial charge in [-0.2, -0.15) is 0 Å². The van der Waals surface area contributed by atoms with Crippen LogP contribution in [0.25, 0.3) is 0 Å². The van der Waals surface area contributed by atoms with E-state index in [1.165, 1.54) is 4.88 Å². The largest absolute Gasteiger partial charge is 0.409 e. The molecular formula is C13H21N3O2S. The quantitative estimate of drug-likeness (QED) is 0.295. The van der Waals surface area contributed by atoms with Gasteiger partial charge in [-0.3, -0.25) is 4.79 Å². The minimum atomic E-state index is -0.0647. The summed E-state index contributed by atoms with van der Waals surface area (Å²) in [6.45, 7) is 1.96. The van der Waals surface area contributed by atoms with Crippen LogP contribution in [0.4, 0.5) is 0 Å². The van der Waals surface area contributed by atoms with Gasteiger partial charge in [0.25, 0.3) is 0 Å². The van der Waals surface area contributed by atoms with Gasteiger partial charge in [-0.15, -0.1) is 11.3 Å². The molecule has 1 aromatic heterocycles. The van der Waals surface area contributed by atoms with E-state index in [0.29, 0.717) is 12.8 Å². The Morgan fingerprint density at radius 2 is 2.42 bits per heavy atom. The highest BCUT2D eigenvalue weighted by Gasteiger charge is 2.12. The van der Waals surface area contributed by atoms with Crippen molar-refractivity contribution in [1.29, 1.82) is 0 Å². The zero-order valence-electron chi connectivity index (χ0n) is 11.1. The Morgan fingerprint density at radius 1 is 1.63 bits per heavy atom. The van der Waals surface area contributed by atoms with Crippen LogP contribution in [0.3, 0.4) is 0 Å². The molecule has 106 valence electrons. The molecule has 0 aliphatic heterocycles. The lowest BCUT2D eigenvalue weighted by Crippen LogP contribution is -2.37. The lowest BCUT2D eigenvalue weighted by molar-refractivity contribution is -0.121. The number of oxime groups is 1. The van der Waals surface area contributed by atoms with Crippen molar-refractivity contribution >= 4 is 23.1 Å². The molecule has 1 aromatic rings. The molecule has 4 N–H and O–H groups in total. The highest BCUT2D eigenvalue weighted by Crippen LogP contribution is 2.12. The molecule has 0 aliphatic carbocycles. The van der Waals surface area contributed by atoms with Crippen molar-refractivity contribution in [2.75, 3.05) is 0 Å². The van der Waals surface area contributed by atoms with Gasteiger partial charge in [0, 0.05) is 23.8 Å². The number of hydrogen-bond donors (Lipinski definition) is 3. The second kappa shape index (κ2) is 8.53. The smallest absolute Gasteiger partial charge is 0.220 e. The molecular weight excluding hydrogens is 262 g/mol. The molecule has 0 aromatic carbocycles. The minimum Gasteiger partial charge on any atom is -0.409 e. The number of nitrogens with two attached hydrogens (primary N) is 1. The molecule has 1 atom stereocenters. The predicted octanol–water partition coefficient (Wildman–Crippen LogP) is 2.10. The van der Waals surface area contributed by atoms with Crippen molar-refractivity contribution in [2.24, 2.45) is 10.9 Å². The van der Waals surface area contributed by atoms with E-state index in [1.54, 1.807) is 11.3 Å². The van der Waals surface area contributed by atoms with Gasteiger partial charge in [0.1, 0.15) is 5.84 Å². The second-order valence-corrected chi connectivity index (χ2v) is 5.43. The fourth-order valence-corrected chi connectivity index (χ4v) is 2.52. The average Bonchev–Trinajstić information content (AvgIpc) is 2.90. The van der Waals surface area contributed by atoms with Crippen molar-refractivity contribution in [3.8, 4) is 0 Å². The van der Waals surface area contributed by atoms with Crippen molar-refractivity contribution in [3.63, 3.8) is 0 Å². The van der Waals surface area contributed by atoms with E-state index in [4.69, 9.17) is 10.9 Å². The number of thiophene rings is 1. The molecule has 0 bridgehead atoms. The van der Waals surface area contributed by atoms with Crippen molar-refractivity contribution in [3.05, 3.63) is 22.4 Å². The Kier molecular flexibility index (Phi) is 6.95. The van der Waals surface area contributed by atoms with Gasteiger partial charge in [-0.1, -0.05) is 18.1 Å². The lowest BCUT2D eigenvalue weighted by atomic mass is 10.1. The molecule has 5 nitrogen and oxygen atoms in total. The third kappa shape index (κ3) is 6.24. The van der Waals surface area contributed by atoms with E-state index in [1.807, 2.05) is 18.4 Å². The molecule has 1 amide bonds. The standard InChI is InChI=1S/C13H21N3O2S/c1-2-10(9-12(14)16-18)15-13(17)7-3-5-11-6-4-8-19-11/h4,6,8,10,18H,2-3,5,7,9H2,1H3,(H2,14,16)(H,15,17). The first-order valence-electron chi connectivity index (χ1n) is 6.43. The van der Waals surface area contributed by atoms with Crippen LogP contribution in [0.2, 0.25) is 0 Å². The second-order valence-electron chi connectivity index (χ2n) is 4.40. The van der Waals surface area contributed by atoms with Gasteiger partial charge in [-0.05, 0) is 30.7 Å². The summed E-state index contributed by atoms with van der Waals surface area (Å²) < 4.78 is 0. The number of nitrogens with zero attached hydrogens (tertiary/aromatic N) is 1. The highest BCUT2D eigenvalue weighted by molar-refractivity contribution is 7.09. The zero-order valence-corrected chi connectivity index (χ0v) is 11.9. The van der Waals surface area contributed by atoms with E-state index in [2.05, 4.69) is 16.5 Å². The summed E-state index contributed by atoms with van der Waals surface area (Å²) in [7, 11) is 0. The molecule has 19 heavy (non-hydrogen) atoms. The maximum Gasteiger partial charge on any atom is 0.220 e. The van der Waals surface area contributed by atoms with Gasteiger partial charge in [-0.25, -0.2) is 0 Å². The van der Waals surface area contributed by atoms with E-state index >= 15 is 0 Å². The van der Waals surface area contributed by atoms with Crippen LogP contribution in [-0.4, -0.2) is 23.0 Å². The summed E-state index contributed by atoms with van der Waals surface area (Å²) in [6.07, 6.45) is 3.41. The van der Waals surface area contributed by atoms with Crippen molar-refractivity contribution < 1.29 is 10.0 Å². The van der Waals surface area contributed by atoms with Crippen LogP contribution in [0.15, 0.2) is 22.7 Å². The first kappa shape index (κ1) is 15.5. The maximum atomic E-state index is 11.8. The van der Waals surface area contributed by atoms with Crippen LogP contribution in [0.5, 0.6) is 0 Å². The molecule has 0 aliphatic rings. The summed E-state index contributed by atoms with van der Waals surface area (Å²) in [6, 6.07) is 4.03. The number of aryl methyl sites for hydroxylation is 1. The van der Waals surface area contributed by atoms with Gasteiger partial charge >= 0.3 is 0 Å².